The molecule has 0 saturated heterocycles. The highest BCUT2D eigenvalue weighted by atomic mass is 32.2. The highest BCUT2D eigenvalue weighted by Crippen LogP contribution is 2.43. The molecular weight excluding hydrogens is 662 g/mol. The van der Waals surface area contributed by atoms with Crippen molar-refractivity contribution >= 4 is 55.1 Å². The Morgan fingerprint density at radius 3 is 2.22 bits per heavy atom. The molecule has 2 aromatic heterocycles. The van der Waals surface area contributed by atoms with Gasteiger partial charge in [0.05, 0.1) is 36.1 Å². The van der Waals surface area contributed by atoms with E-state index in [2.05, 4.69) is 5.32 Å². The molecule has 0 aliphatic rings. The first kappa shape index (κ1) is 34.1. The van der Waals surface area contributed by atoms with Crippen molar-refractivity contribution in [2.45, 2.75) is 19.8 Å². The minimum atomic E-state index is -3.77. The molecular formula is C37H34FN5O6S. The van der Waals surface area contributed by atoms with E-state index in [-0.39, 0.29) is 28.5 Å². The van der Waals surface area contributed by atoms with Crippen LogP contribution in [0.25, 0.3) is 56.0 Å². The lowest BCUT2D eigenvalue weighted by Gasteiger charge is -2.21. The third-order valence-corrected chi connectivity index (χ3v) is 9.75. The smallest absolute Gasteiger partial charge is 0.255 e. The summed E-state index contributed by atoms with van der Waals surface area (Å²) < 4.78 is 58.8. The number of rotatable bonds is 10. The van der Waals surface area contributed by atoms with Crippen LogP contribution < -0.4 is 14.4 Å². The van der Waals surface area contributed by atoms with Crippen LogP contribution in [-0.4, -0.2) is 58.2 Å². The summed E-state index contributed by atoms with van der Waals surface area (Å²) in [6, 6.07) is 19.4. The number of nitrogens with zero attached hydrogens (tertiary/aromatic N) is 2. The maximum atomic E-state index is 13.8. The zero-order chi connectivity index (χ0) is 36.1. The van der Waals surface area contributed by atoms with E-state index in [0.717, 1.165) is 16.1 Å². The second-order valence-electron chi connectivity index (χ2n) is 11.9. The van der Waals surface area contributed by atoms with Crippen LogP contribution in [0, 0.1) is 16.6 Å². The Morgan fingerprint density at radius 2 is 1.60 bits per heavy atom. The molecule has 3 N–H and O–H groups in total. The Kier molecular flexibility index (Phi) is 8.78. The molecule has 11 nitrogen and oxygen atoms in total. The maximum absolute atomic E-state index is 13.8. The van der Waals surface area contributed by atoms with Crippen LogP contribution in [0.5, 0.6) is 5.75 Å². The predicted molar refractivity (Wildman–Crippen MR) is 193 cm³/mol. The van der Waals surface area contributed by atoms with Crippen LogP contribution >= 0.6 is 0 Å². The number of amides is 1. The van der Waals surface area contributed by atoms with E-state index in [9.17, 15) is 17.6 Å². The number of nitrogens with one attached hydrogen (secondary N) is 3. The summed E-state index contributed by atoms with van der Waals surface area (Å²) in [6.45, 7) is 3.32. The number of ether oxygens (including phenoxy) is 1. The van der Waals surface area contributed by atoms with Crippen molar-refractivity contribution in [2.75, 3.05) is 31.8 Å². The summed E-state index contributed by atoms with van der Waals surface area (Å²) >= 11 is 0. The van der Waals surface area contributed by atoms with E-state index in [1.165, 1.54) is 45.5 Å². The molecule has 4 aromatic carbocycles. The molecule has 0 bridgehead atoms. The first-order valence-corrected chi connectivity index (χ1v) is 17.3. The molecule has 256 valence electrons. The van der Waals surface area contributed by atoms with Gasteiger partial charge in [0.1, 0.15) is 28.4 Å². The van der Waals surface area contributed by atoms with Crippen LogP contribution in [0.1, 0.15) is 35.7 Å². The number of anilines is 1. The molecule has 0 atom stereocenters. The summed E-state index contributed by atoms with van der Waals surface area (Å²) in [5.74, 6) is -0.507. The van der Waals surface area contributed by atoms with Gasteiger partial charge in [0.25, 0.3) is 5.91 Å². The van der Waals surface area contributed by atoms with Crippen LogP contribution in [0.15, 0.2) is 81.6 Å². The van der Waals surface area contributed by atoms with Crippen molar-refractivity contribution in [1.82, 2.24) is 10.3 Å². The lowest BCUT2D eigenvalue weighted by Crippen LogP contribution is -2.25. The number of fused-ring (bicyclic) bond motifs is 2. The topological polar surface area (TPSA) is 163 Å². The van der Waals surface area contributed by atoms with E-state index in [1.807, 2.05) is 6.07 Å². The van der Waals surface area contributed by atoms with Gasteiger partial charge in [-0.2, -0.15) is 0 Å². The number of hydrogen-bond acceptors (Lipinski definition) is 9. The first-order chi connectivity index (χ1) is 23.7. The lowest BCUT2D eigenvalue weighted by atomic mass is 9.91. The van der Waals surface area contributed by atoms with E-state index in [4.69, 9.17) is 29.4 Å². The quantitative estimate of drug-likeness (QED) is 0.124. The predicted octanol–water partition coefficient (Wildman–Crippen LogP) is 7.64. The van der Waals surface area contributed by atoms with Crippen LogP contribution in [0.4, 0.5) is 10.1 Å². The van der Waals surface area contributed by atoms with Crippen LogP contribution in [-0.2, 0) is 10.0 Å². The van der Waals surface area contributed by atoms with Crippen molar-refractivity contribution < 1.29 is 31.2 Å². The fourth-order valence-corrected chi connectivity index (χ4v) is 6.57. The maximum Gasteiger partial charge on any atom is 0.255 e. The number of halogens is 1. The molecule has 0 radical (unpaired) electrons. The Bertz CT molecular complexity index is 2440. The van der Waals surface area contributed by atoms with Gasteiger partial charge < -0.3 is 29.7 Å². The first-order valence-electron chi connectivity index (χ1n) is 15.4. The van der Waals surface area contributed by atoms with Crippen LogP contribution in [0.3, 0.4) is 0 Å². The molecule has 13 heteroatoms. The molecule has 0 saturated carbocycles. The van der Waals surface area contributed by atoms with E-state index >= 15 is 0 Å². The van der Waals surface area contributed by atoms with Gasteiger partial charge in [0, 0.05) is 48.1 Å². The summed E-state index contributed by atoms with van der Waals surface area (Å²) in [6.07, 6.45) is 1.08. The minimum absolute atomic E-state index is 0.199. The number of furan rings is 1. The normalized spacial score (nSPS) is 12.2. The SMILES string of the molecule is CNC(=O)c1c(-c2ccc(F)cc2)oc2cc(N(C)S(C)(=O)=O)c(-c3ccc(OC)c(-c4nc5cc(C(C(C)=N)C(C)=N)ccc5o4)c3)cc12. The molecule has 0 spiro atoms. The van der Waals surface area contributed by atoms with Gasteiger partial charge in [-0.15, -0.1) is 0 Å². The van der Waals surface area contributed by atoms with Gasteiger partial charge in [-0.25, -0.2) is 17.8 Å². The summed E-state index contributed by atoms with van der Waals surface area (Å²) in [5.41, 5.74) is 5.10. The number of carbonyl (C=O) groups is 1. The van der Waals surface area contributed by atoms with Crippen molar-refractivity contribution in [3.63, 3.8) is 0 Å². The average Bonchev–Trinajstić information content (AvgIpc) is 3.67. The molecule has 0 fully saturated rings. The van der Waals surface area contributed by atoms with Gasteiger partial charge in [-0.05, 0) is 79.6 Å². The second kappa shape index (κ2) is 12.9. The molecule has 1 amide bonds. The van der Waals surface area contributed by atoms with E-state index < -0.39 is 27.7 Å². The van der Waals surface area contributed by atoms with Gasteiger partial charge in [0.15, 0.2) is 5.58 Å². The zero-order valence-corrected chi connectivity index (χ0v) is 29.0. The Balaban J connectivity index is 1.58. The molecule has 2 heterocycles. The second-order valence-corrected chi connectivity index (χ2v) is 14.0. The monoisotopic (exact) mass is 695 g/mol. The van der Waals surface area contributed by atoms with Crippen molar-refractivity contribution in [1.29, 1.82) is 10.8 Å². The number of benzene rings is 4. The lowest BCUT2D eigenvalue weighted by molar-refractivity contribution is 0.0964. The number of sulfonamides is 1. The highest BCUT2D eigenvalue weighted by molar-refractivity contribution is 7.92. The molecule has 6 rings (SSSR count). The minimum Gasteiger partial charge on any atom is -0.496 e. The highest BCUT2D eigenvalue weighted by Gasteiger charge is 2.27. The summed E-state index contributed by atoms with van der Waals surface area (Å²) in [4.78, 5) is 18.0. The molecule has 0 aliphatic heterocycles. The van der Waals surface area contributed by atoms with Gasteiger partial charge >= 0.3 is 0 Å². The van der Waals surface area contributed by atoms with Gasteiger partial charge in [-0.1, -0.05) is 12.1 Å². The molecule has 0 aliphatic carbocycles. The Morgan fingerprint density at radius 1 is 0.920 bits per heavy atom. The number of hydrogen-bond donors (Lipinski definition) is 3. The molecule has 6 aromatic rings. The van der Waals surface area contributed by atoms with Crippen molar-refractivity contribution in [3.05, 3.63) is 89.7 Å². The fourth-order valence-electron chi connectivity index (χ4n) is 6.06. The number of oxazole rings is 1. The van der Waals surface area contributed by atoms with E-state index in [0.29, 0.717) is 55.9 Å². The van der Waals surface area contributed by atoms with Crippen molar-refractivity contribution in [3.8, 4) is 39.7 Å². The average molecular weight is 696 g/mol. The fraction of sp³-hybridized carbons (Fsp3) is 0.189. The van der Waals surface area contributed by atoms with E-state index in [1.54, 1.807) is 56.3 Å². The van der Waals surface area contributed by atoms with Crippen LogP contribution in [0.2, 0.25) is 0 Å². The molecule has 0 unspecified atom stereocenters. The third-order valence-electron chi connectivity index (χ3n) is 8.56. The largest absolute Gasteiger partial charge is 0.496 e. The third kappa shape index (κ3) is 6.11. The summed E-state index contributed by atoms with van der Waals surface area (Å²) in [7, 11) is 0.652. The van der Waals surface area contributed by atoms with Crippen molar-refractivity contribution in [2.24, 2.45) is 0 Å². The zero-order valence-electron chi connectivity index (χ0n) is 28.1. The number of aromatic nitrogens is 1. The van der Waals surface area contributed by atoms with Gasteiger partial charge in [0.2, 0.25) is 15.9 Å². The summed E-state index contributed by atoms with van der Waals surface area (Å²) in [5, 5.41) is 19.4. The number of methoxy groups -OCH3 is 1. The Hall–Kier alpha value is -5.82. The number of carbonyl (C=O) groups excluding carboxylic acids is 1. The molecule has 50 heavy (non-hydrogen) atoms. The standard InChI is InChI=1S/C37H34FN5O6S/c1-19(39)33(20(2)40)23-10-14-31-28(16-23)42-37(49-31)27-15-22(9-13-30(27)47-5)25-17-26-32(18-29(25)43(4)50(6,45)46)48-35(34(26)36(44)41-3)21-7-11-24(38)12-8-21/h7-18,33,39-40H,1-6H3,(H,41,44). The van der Waals surface area contributed by atoms with Gasteiger partial charge in [-0.3, -0.25) is 9.10 Å². The Labute approximate surface area is 287 Å².